The third-order valence-corrected chi connectivity index (χ3v) is 3.39. The zero-order valence-corrected chi connectivity index (χ0v) is 8.69. The second-order valence-corrected chi connectivity index (χ2v) is 4.77. The highest BCUT2D eigenvalue weighted by Gasteiger charge is 2.30. The topological polar surface area (TPSA) is 55.5 Å². The zero-order valence-electron chi connectivity index (χ0n) is 8.69. The van der Waals surface area contributed by atoms with Crippen LogP contribution in [0.2, 0.25) is 0 Å². The van der Waals surface area contributed by atoms with Crippen molar-refractivity contribution >= 4 is 0 Å². The van der Waals surface area contributed by atoms with E-state index in [-0.39, 0.29) is 6.10 Å². The van der Waals surface area contributed by atoms with E-state index in [2.05, 4.69) is 0 Å². The van der Waals surface area contributed by atoms with Crippen LogP contribution in [0.25, 0.3) is 0 Å². The Morgan fingerprint density at radius 1 is 1.14 bits per heavy atom. The Hall–Kier alpha value is -0.120. The first kappa shape index (κ1) is 10.4. The molecule has 1 atom stereocenters. The van der Waals surface area contributed by atoms with Gasteiger partial charge in [0.15, 0.2) is 0 Å². The molecule has 0 aromatic heterocycles. The van der Waals surface area contributed by atoms with E-state index < -0.39 is 0 Å². The molecular formula is C11H21NO2. The molecule has 0 heterocycles. The lowest BCUT2D eigenvalue weighted by molar-refractivity contribution is -0.0318. The van der Waals surface area contributed by atoms with E-state index in [4.69, 9.17) is 10.5 Å². The van der Waals surface area contributed by atoms with Crippen LogP contribution in [0.4, 0.5) is 0 Å². The van der Waals surface area contributed by atoms with E-state index in [0.29, 0.717) is 24.7 Å². The highest BCUT2D eigenvalue weighted by Crippen LogP contribution is 2.33. The lowest BCUT2D eigenvalue weighted by atomic mass is 9.94. The van der Waals surface area contributed by atoms with Crippen LogP contribution in [0.1, 0.15) is 38.5 Å². The third-order valence-electron chi connectivity index (χ3n) is 3.39. The van der Waals surface area contributed by atoms with Crippen molar-refractivity contribution in [3.63, 3.8) is 0 Å². The summed E-state index contributed by atoms with van der Waals surface area (Å²) in [6.45, 7) is 0.532. The Labute approximate surface area is 85.6 Å². The molecule has 2 saturated carbocycles. The quantitative estimate of drug-likeness (QED) is 0.711. The van der Waals surface area contributed by atoms with Crippen molar-refractivity contribution in [1.82, 2.24) is 0 Å². The second kappa shape index (κ2) is 4.60. The summed E-state index contributed by atoms with van der Waals surface area (Å²) in [6.07, 6.45) is 6.78. The van der Waals surface area contributed by atoms with Crippen molar-refractivity contribution in [2.45, 2.75) is 56.8 Å². The highest BCUT2D eigenvalue weighted by molar-refractivity contribution is 4.81. The third kappa shape index (κ3) is 2.94. The van der Waals surface area contributed by atoms with Crippen molar-refractivity contribution in [2.24, 2.45) is 11.7 Å². The highest BCUT2D eigenvalue weighted by atomic mass is 16.5. The SMILES string of the molecule is NC1CCC(OCC(O)C2CC2)CC1. The molecule has 0 aliphatic heterocycles. The predicted octanol–water partition coefficient (Wildman–Crippen LogP) is 1.04. The van der Waals surface area contributed by atoms with Crippen molar-refractivity contribution in [3.05, 3.63) is 0 Å². The molecule has 0 aromatic rings. The molecule has 0 aromatic carbocycles. The molecule has 0 radical (unpaired) electrons. The summed E-state index contributed by atoms with van der Waals surface area (Å²) in [5.74, 6) is 0.529. The van der Waals surface area contributed by atoms with Gasteiger partial charge in [0.25, 0.3) is 0 Å². The number of hydrogen-bond acceptors (Lipinski definition) is 3. The van der Waals surface area contributed by atoms with Gasteiger partial charge in [0, 0.05) is 6.04 Å². The van der Waals surface area contributed by atoms with Gasteiger partial charge in [0.1, 0.15) is 0 Å². The first-order valence-electron chi connectivity index (χ1n) is 5.81. The van der Waals surface area contributed by atoms with Crippen molar-refractivity contribution < 1.29 is 9.84 Å². The molecule has 2 aliphatic carbocycles. The van der Waals surface area contributed by atoms with Gasteiger partial charge in [0.05, 0.1) is 18.8 Å². The first-order chi connectivity index (χ1) is 6.75. The van der Waals surface area contributed by atoms with Crippen LogP contribution >= 0.6 is 0 Å². The van der Waals surface area contributed by atoms with Crippen LogP contribution in [-0.2, 0) is 4.74 Å². The summed E-state index contributed by atoms with van der Waals surface area (Å²) in [5.41, 5.74) is 5.81. The summed E-state index contributed by atoms with van der Waals surface area (Å²) < 4.78 is 5.69. The van der Waals surface area contributed by atoms with Gasteiger partial charge in [-0.3, -0.25) is 0 Å². The Kier molecular flexibility index (Phi) is 3.42. The van der Waals surface area contributed by atoms with Gasteiger partial charge in [-0.1, -0.05) is 0 Å². The van der Waals surface area contributed by atoms with Crippen LogP contribution < -0.4 is 5.73 Å². The fraction of sp³-hybridized carbons (Fsp3) is 1.00. The van der Waals surface area contributed by atoms with Crippen LogP contribution in [0.5, 0.6) is 0 Å². The number of ether oxygens (including phenoxy) is 1. The Morgan fingerprint density at radius 2 is 1.79 bits per heavy atom. The average molecular weight is 199 g/mol. The minimum Gasteiger partial charge on any atom is -0.390 e. The lowest BCUT2D eigenvalue weighted by Crippen LogP contribution is -2.32. The lowest BCUT2D eigenvalue weighted by Gasteiger charge is -2.27. The van der Waals surface area contributed by atoms with Crippen molar-refractivity contribution in [2.75, 3.05) is 6.61 Å². The summed E-state index contributed by atoms with van der Waals surface area (Å²) in [7, 11) is 0. The van der Waals surface area contributed by atoms with Crippen molar-refractivity contribution in [1.29, 1.82) is 0 Å². The Balaban J connectivity index is 1.60. The number of hydrogen-bond donors (Lipinski definition) is 2. The summed E-state index contributed by atoms with van der Waals surface area (Å²) in [4.78, 5) is 0. The zero-order chi connectivity index (χ0) is 9.97. The average Bonchev–Trinajstić information content (AvgIpc) is 3.00. The standard InChI is InChI=1S/C11H21NO2/c12-9-3-5-10(6-4-9)14-7-11(13)8-1-2-8/h8-11,13H,1-7,12H2. The molecule has 0 bridgehead atoms. The summed E-state index contributed by atoms with van der Waals surface area (Å²) in [5, 5.41) is 9.62. The minimum absolute atomic E-state index is 0.217. The monoisotopic (exact) mass is 199 g/mol. The molecule has 2 fully saturated rings. The molecule has 1 unspecified atom stereocenters. The normalized spacial score (nSPS) is 35.6. The number of nitrogens with two attached hydrogens (primary N) is 1. The molecule has 3 nitrogen and oxygen atoms in total. The van der Waals surface area contributed by atoms with Gasteiger partial charge in [-0.05, 0) is 44.4 Å². The predicted molar refractivity (Wildman–Crippen MR) is 54.9 cm³/mol. The summed E-state index contributed by atoms with van der Waals surface area (Å²) >= 11 is 0. The minimum atomic E-state index is -0.217. The van der Waals surface area contributed by atoms with Gasteiger partial charge in [-0.2, -0.15) is 0 Å². The summed E-state index contributed by atoms with van der Waals surface area (Å²) in [6, 6.07) is 0.378. The van der Waals surface area contributed by atoms with Crippen LogP contribution in [-0.4, -0.2) is 30.0 Å². The van der Waals surface area contributed by atoms with Gasteiger partial charge < -0.3 is 15.6 Å². The first-order valence-corrected chi connectivity index (χ1v) is 5.81. The Morgan fingerprint density at radius 3 is 2.36 bits per heavy atom. The van der Waals surface area contributed by atoms with Crippen molar-refractivity contribution in [3.8, 4) is 0 Å². The van der Waals surface area contributed by atoms with Gasteiger partial charge in [-0.25, -0.2) is 0 Å². The van der Waals surface area contributed by atoms with E-state index in [1.54, 1.807) is 0 Å². The van der Waals surface area contributed by atoms with E-state index >= 15 is 0 Å². The van der Waals surface area contributed by atoms with E-state index in [1.807, 2.05) is 0 Å². The maximum atomic E-state index is 9.62. The number of aliphatic hydroxyl groups is 1. The maximum absolute atomic E-state index is 9.62. The van der Waals surface area contributed by atoms with Gasteiger partial charge in [0.2, 0.25) is 0 Å². The molecule has 0 saturated heterocycles. The fourth-order valence-electron chi connectivity index (χ4n) is 2.11. The Bertz CT molecular complexity index is 174. The van der Waals surface area contributed by atoms with Gasteiger partial charge >= 0.3 is 0 Å². The molecule has 82 valence electrons. The molecule has 14 heavy (non-hydrogen) atoms. The van der Waals surface area contributed by atoms with E-state index in [0.717, 1.165) is 25.7 Å². The molecule has 3 heteroatoms. The molecular weight excluding hydrogens is 178 g/mol. The largest absolute Gasteiger partial charge is 0.390 e. The van der Waals surface area contributed by atoms with E-state index in [9.17, 15) is 5.11 Å². The molecule has 2 aliphatic rings. The number of aliphatic hydroxyl groups excluding tert-OH is 1. The maximum Gasteiger partial charge on any atom is 0.0801 e. The molecule has 2 rings (SSSR count). The van der Waals surface area contributed by atoms with Crippen LogP contribution in [0, 0.1) is 5.92 Å². The smallest absolute Gasteiger partial charge is 0.0801 e. The van der Waals surface area contributed by atoms with Crippen LogP contribution in [0.3, 0.4) is 0 Å². The molecule has 0 spiro atoms. The van der Waals surface area contributed by atoms with E-state index in [1.165, 1.54) is 12.8 Å². The van der Waals surface area contributed by atoms with Gasteiger partial charge in [-0.15, -0.1) is 0 Å². The molecule has 0 amide bonds. The molecule has 3 N–H and O–H groups in total. The number of rotatable bonds is 4. The second-order valence-electron chi connectivity index (χ2n) is 4.77. The van der Waals surface area contributed by atoms with Crippen LogP contribution in [0.15, 0.2) is 0 Å². The fourth-order valence-corrected chi connectivity index (χ4v) is 2.11.